The van der Waals surface area contributed by atoms with Gasteiger partial charge in [-0.1, -0.05) is 13.0 Å². The number of thioether (sulfide) groups is 1. The van der Waals surface area contributed by atoms with Gasteiger partial charge in [0.15, 0.2) is 0 Å². The zero-order chi connectivity index (χ0) is 13.6. The van der Waals surface area contributed by atoms with Crippen LogP contribution in [0, 0.1) is 0 Å². The molecule has 0 amide bonds. The summed E-state index contributed by atoms with van der Waals surface area (Å²) in [6.07, 6.45) is 2.70. The lowest BCUT2D eigenvalue weighted by molar-refractivity contribution is 0.280. The Labute approximate surface area is 113 Å². The smallest absolute Gasteiger partial charge is 0.240 e. The minimum absolute atomic E-state index is 0.142. The number of hydrogen-bond donors (Lipinski definition) is 2. The van der Waals surface area contributed by atoms with Gasteiger partial charge in [-0.3, -0.25) is 0 Å². The van der Waals surface area contributed by atoms with Crippen molar-refractivity contribution in [3.8, 4) is 0 Å². The maximum Gasteiger partial charge on any atom is 0.240 e. The molecule has 0 aliphatic carbocycles. The summed E-state index contributed by atoms with van der Waals surface area (Å²) in [5.41, 5.74) is 1.64. The van der Waals surface area contributed by atoms with Crippen molar-refractivity contribution in [3.05, 3.63) is 29.3 Å². The first-order valence-corrected chi connectivity index (χ1v) is 8.64. The van der Waals surface area contributed by atoms with Crippen molar-refractivity contribution in [3.63, 3.8) is 0 Å². The first kappa shape index (κ1) is 15.5. The van der Waals surface area contributed by atoms with Crippen LogP contribution in [0.1, 0.15) is 18.1 Å². The van der Waals surface area contributed by atoms with Gasteiger partial charge < -0.3 is 5.11 Å². The van der Waals surface area contributed by atoms with Gasteiger partial charge in [-0.25, -0.2) is 13.1 Å². The van der Waals surface area contributed by atoms with Crippen LogP contribution in [0.2, 0.25) is 0 Å². The average molecular weight is 289 g/mol. The molecule has 6 heteroatoms. The van der Waals surface area contributed by atoms with Gasteiger partial charge in [-0.05, 0) is 35.9 Å². The molecule has 0 aromatic heterocycles. The number of nitrogens with one attached hydrogen (secondary N) is 1. The standard InChI is InChI=1S/C12H19NO3S2/c1-3-10-4-5-12(8-11(10)9-14)18(15,16)13-6-7-17-2/h4-5,8,13-14H,3,6-7,9H2,1-2H3. The van der Waals surface area contributed by atoms with Crippen molar-refractivity contribution in [2.24, 2.45) is 0 Å². The largest absolute Gasteiger partial charge is 0.392 e. The summed E-state index contributed by atoms with van der Waals surface area (Å²) >= 11 is 1.58. The van der Waals surface area contributed by atoms with Crippen molar-refractivity contribution in [1.29, 1.82) is 0 Å². The highest BCUT2D eigenvalue weighted by molar-refractivity contribution is 7.98. The van der Waals surface area contributed by atoms with E-state index < -0.39 is 10.0 Å². The minimum atomic E-state index is -3.46. The summed E-state index contributed by atoms with van der Waals surface area (Å²) in [5, 5.41) is 9.24. The summed E-state index contributed by atoms with van der Waals surface area (Å²) < 4.78 is 26.5. The van der Waals surface area contributed by atoms with Crippen LogP contribution in [-0.2, 0) is 23.1 Å². The lowest BCUT2D eigenvalue weighted by atomic mass is 10.1. The Morgan fingerprint density at radius 3 is 2.61 bits per heavy atom. The van der Waals surface area contributed by atoms with Gasteiger partial charge in [0.2, 0.25) is 10.0 Å². The fraction of sp³-hybridized carbons (Fsp3) is 0.500. The first-order chi connectivity index (χ1) is 8.55. The fourth-order valence-corrected chi connectivity index (χ4v) is 3.14. The van der Waals surface area contributed by atoms with Crippen molar-refractivity contribution >= 4 is 21.8 Å². The number of rotatable bonds is 7. The van der Waals surface area contributed by atoms with E-state index in [2.05, 4.69) is 4.72 Å². The van der Waals surface area contributed by atoms with E-state index in [0.29, 0.717) is 12.1 Å². The molecule has 102 valence electrons. The normalized spacial score (nSPS) is 11.7. The molecule has 1 aromatic rings. The third kappa shape index (κ3) is 3.98. The van der Waals surface area contributed by atoms with Crippen LogP contribution in [0.15, 0.2) is 23.1 Å². The molecule has 0 saturated carbocycles. The van der Waals surface area contributed by atoms with Crippen LogP contribution in [0.5, 0.6) is 0 Å². The molecule has 0 saturated heterocycles. The molecule has 1 rings (SSSR count). The second-order valence-corrected chi connectivity index (χ2v) is 6.59. The number of aliphatic hydroxyl groups is 1. The second-order valence-electron chi connectivity index (χ2n) is 3.83. The highest BCUT2D eigenvalue weighted by Gasteiger charge is 2.14. The number of sulfonamides is 1. The molecule has 1 aromatic carbocycles. The van der Waals surface area contributed by atoms with Crippen molar-refractivity contribution in [2.45, 2.75) is 24.8 Å². The number of aliphatic hydroxyl groups excluding tert-OH is 1. The lowest BCUT2D eigenvalue weighted by Gasteiger charge is -2.10. The summed E-state index contributed by atoms with van der Waals surface area (Å²) in [6, 6.07) is 4.88. The van der Waals surface area contributed by atoms with Crippen molar-refractivity contribution < 1.29 is 13.5 Å². The molecule has 0 radical (unpaired) electrons. The third-order valence-corrected chi connectivity index (χ3v) is 4.71. The molecule has 2 N–H and O–H groups in total. The summed E-state index contributed by atoms with van der Waals surface area (Å²) in [4.78, 5) is 0.213. The summed E-state index contributed by atoms with van der Waals surface area (Å²) in [5.74, 6) is 0.735. The summed E-state index contributed by atoms with van der Waals surface area (Å²) in [7, 11) is -3.46. The second kappa shape index (κ2) is 7.13. The van der Waals surface area contributed by atoms with Gasteiger partial charge in [0.05, 0.1) is 11.5 Å². The quantitative estimate of drug-likeness (QED) is 0.744. The number of benzene rings is 1. The van der Waals surface area contributed by atoms with Crippen LogP contribution < -0.4 is 4.72 Å². The molecule has 4 nitrogen and oxygen atoms in total. The Bertz CT molecular complexity index is 486. The molecule has 0 spiro atoms. The SMILES string of the molecule is CCc1ccc(S(=O)(=O)NCCSC)cc1CO. The average Bonchev–Trinajstić information content (AvgIpc) is 2.38. The zero-order valence-corrected chi connectivity index (χ0v) is 12.3. The van der Waals surface area contributed by atoms with Crippen molar-refractivity contribution in [2.75, 3.05) is 18.6 Å². The van der Waals surface area contributed by atoms with E-state index in [-0.39, 0.29) is 11.5 Å². The fourth-order valence-electron chi connectivity index (χ4n) is 1.62. The monoisotopic (exact) mass is 289 g/mol. The maximum absolute atomic E-state index is 12.0. The Balaban J connectivity index is 2.95. The van der Waals surface area contributed by atoms with Gasteiger partial charge in [0, 0.05) is 12.3 Å². The van der Waals surface area contributed by atoms with E-state index in [9.17, 15) is 13.5 Å². The lowest BCUT2D eigenvalue weighted by Crippen LogP contribution is -2.26. The van der Waals surface area contributed by atoms with Gasteiger partial charge in [0.25, 0.3) is 0 Å². The van der Waals surface area contributed by atoms with E-state index >= 15 is 0 Å². The molecule has 0 bridgehead atoms. The highest BCUT2D eigenvalue weighted by atomic mass is 32.2. The van der Waals surface area contributed by atoms with Gasteiger partial charge >= 0.3 is 0 Å². The zero-order valence-electron chi connectivity index (χ0n) is 10.6. The predicted octanol–water partition coefficient (Wildman–Crippen LogP) is 1.38. The van der Waals surface area contributed by atoms with Crippen LogP contribution >= 0.6 is 11.8 Å². The molecule has 0 unspecified atom stereocenters. The first-order valence-electron chi connectivity index (χ1n) is 5.76. The van der Waals surface area contributed by atoms with E-state index in [0.717, 1.165) is 17.7 Å². The minimum Gasteiger partial charge on any atom is -0.392 e. The molecule has 18 heavy (non-hydrogen) atoms. The molecular formula is C12H19NO3S2. The van der Waals surface area contributed by atoms with Crippen LogP contribution in [0.3, 0.4) is 0 Å². The molecule has 0 fully saturated rings. The van der Waals surface area contributed by atoms with Gasteiger partial charge in [-0.2, -0.15) is 11.8 Å². The molecule has 0 atom stereocenters. The molecule has 0 aliphatic heterocycles. The Kier molecular flexibility index (Phi) is 6.14. The van der Waals surface area contributed by atoms with Gasteiger partial charge in [-0.15, -0.1) is 0 Å². The van der Waals surface area contributed by atoms with E-state index in [1.807, 2.05) is 13.2 Å². The Morgan fingerprint density at radius 1 is 1.33 bits per heavy atom. The van der Waals surface area contributed by atoms with E-state index in [4.69, 9.17) is 0 Å². The number of aryl methyl sites for hydroxylation is 1. The molecule has 0 heterocycles. The van der Waals surface area contributed by atoms with Crippen LogP contribution in [-0.4, -0.2) is 32.1 Å². The van der Waals surface area contributed by atoms with Crippen molar-refractivity contribution in [1.82, 2.24) is 4.72 Å². The van der Waals surface area contributed by atoms with Crippen LogP contribution in [0.25, 0.3) is 0 Å². The maximum atomic E-state index is 12.0. The topological polar surface area (TPSA) is 66.4 Å². The Hall–Kier alpha value is -0.560. The van der Waals surface area contributed by atoms with Gasteiger partial charge in [0.1, 0.15) is 0 Å². The molecular weight excluding hydrogens is 270 g/mol. The summed E-state index contributed by atoms with van der Waals surface area (Å²) in [6.45, 7) is 2.24. The van der Waals surface area contributed by atoms with E-state index in [1.165, 1.54) is 0 Å². The predicted molar refractivity (Wildman–Crippen MR) is 75.3 cm³/mol. The van der Waals surface area contributed by atoms with Crippen LogP contribution in [0.4, 0.5) is 0 Å². The van der Waals surface area contributed by atoms with E-state index in [1.54, 1.807) is 30.0 Å². The number of hydrogen-bond acceptors (Lipinski definition) is 4. The highest BCUT2D eigenvalue weighted by Crippen LogP contribution is 2.16. The Morgan fingerprint density at radius 2 is 2.06 bits per heavy atom. The third-order valence-electron chi connectivity index (χ3n) is 2.64. The molecule has 0 aliphatic rings.